The Balaban J connectivity index is 2.39. The van der Waals surface area contributed by atoms with E-state index in [1.807, 2.05) is 6.08 Å². The van der Waals surface area contributed by atoms with Gasteiger partial charge < -0.3 is 10.2 Å². The predicted octanol–water partition coefficient (Wildman–Crippen LogP) is 3.05. The smallest absolute Gasteiger partial charge is 0.00359 e. The number of hydrogen-bond acceptors (Lipinski definition) is 2. The monoisotopic (exact) mass is 238 g/mol. The van der Waals surface area contributed by atoms with E-state index in [-0.39, 0.29) is 0 Å². The minimum absolute atomic E-state index is 0.586. The van der Waals surface area contributed by atoms with Crippen LogP contribution in [0.3, 0.4) is 0 Å². The molecule has 2 nitrogen and oxygen atoms in total. The van der Waals surface area contributed by atoms with Gasteiger partial charge in [-0.3, -0.25) is 0 Å². The van der Waals surface area contributed by atoms with E-state index in [1.54, 1.807) is 0 Å². The zero-order valence-electron chi connectivity index (χ0n) is 11.8. The Hall–Kier alpha value is -0.340. The van der Waals surface area contributed by atoms with Crippen molar-refractivity contribution in [3.8, 4) is 0 Å². The molecule has 0 spiro atoms. The van der Waals surface area contributed by atoms with Crippen molar-refractivity contribution in [3.05, 3.63) is 12.7 Å². The Kier molecular flexibility index (Phi) is 6.83. The van der Waals surface area contributed by atoms with Crippen LogP contribution < -0.4 is 5.32 Å². The van der Waals surface area contributed by atoms with Crippen LogP contribution in [0.1, 0.15) is 45.4 Å². The third-order valence-electron chi connectivity index (χ3n) is 4.00. The Labute approximate surface area is 107 Å². The lowest BCUT2D eigenvalue weighted by Crippen LogP contribution is -2.44. The number of nitrogens with one attached hydrogen (secondary N) is 1. The van der Waals surface area contributed by atoms with Crippen molar-refractivity contribution in [1.82, 2.24) is 10.2 Å². The second kappa shape index (κ2) is 7.88. The molecule has 0 unspecified atom stereocenters. The fraction of sp³-hybridized carbons (Fsp3) is 0.867. The van der Waals surface area contributed by atoms with Crippen LogP contribution in [-0.2, 0) is 0 Å². The van der Waals surface area contributed by atoms with E-state index >= 15 is 0 Å². The Bertz CT molecular complexity index is 201. The van der Waals surface area contributed by atoms with Gasteiger partial charge in [-0.2, -0.15) is 0 Å². The lowest BCUT2D eigenvalue weighted by atomic mass is 9.75. The fourth-order valence-corrected chi connectivity index (χ4v) is 3.13. The number of nitrogens with zero attached hydrogens (tertiary/aromatic N) is 1. The number of piperidine rings is 1. The van der Waals surface area contributed by atoms with Crippen molar-refractivity contribution in [2.24, 2.45) is 5.41 Å². The van der Waals surface area contributed by atoms with E-state index in [4.69, 9.17) is 0 Å². The van der Waals surface area contributed by atoms with Crippen molar-refractivity contribution in [2.45, 2.75) is 45.4 Å². The molecule has 1 N–H and O–H groups in total. The quantitative estimate of drug-likeness (QED) is 0.516. The maximum Gasteiger partial charge on any atom is 0.00359 e. The molecule has 0 saturated carbocycles. The van der Waals surface area contributed by atoms with Crippen molar-refractivity contribution in [2.75, 3.05) is 33.2 Å². The van der Waals surface area contributed by atoms with Gasteiger partial charge in [-0.15, -0.1) is 6.58 Å². The Morgan fingerprint density at radius 3 is 2.65 bits per heavy atom. The summed E-state index contributed by atoms with van der Waals surface area (Å²) < 4.78 is 0. The molecule has 0 bridgehead atoms. The maximum atomic E-state index is 3.79. The first-order chi connectivity index (χ1) is 8.22. The molecule has 2 heteroatoms. The Morgan fingerprint density at radius 1 is 1.35 bits per heavy atom. The zero-order valence-corrected chi connectivity index (χ0v) is 11.8. The summed E-state index contributed by atoms with van der Waals surface area (Å²) in [6, 6.07) is 0. The van der Waals surface area contributed by atoms with Gasteiger partial charge in [-0.05, 0) is 64.2 Å². The standard InChI is InChI=1S/C15H30N2/c1-4-6-7-13-17(3)14-15(8-5-2)9-11-16-12-10-15/h4,16H,1,5-14H2,2-3H3. The van der Waals surface area contributed by atoms with Crippen molar-refractivity contribution < 1.29 is 0 Å². The average molecular weight is 238 g/mol. The van der Waals surface area contributed by atoms with Crippen LogP contribution in [0.2, 0.25) is 0 Å². The summed E-state index contributed by atoms with van der Waals surface area (Å²) in [6.07, 6.45) is 9.84. The molecule has 0 atom stereocenters. The molecule has 1 fully saturated rings. The van der Waals surface area contributed by atoms with E-state index in [1.165, 1.54) is 58.3 Å². The molecule has 1 rings (SSSR count). The molecule has 0 aromatic heterocycles. The molecular weight excluding hydrogens is 208 g/mol. The van der Waals surface area contributed by atoms with Gasteiger partial charge in [0.1, 0.15) is 0 Å². The molecule has 17 heavy (non-hydrogen) atoms. The molecule has 100 valence electrons. The summed E-state index contributed by atoms with van der Waals surface area (Å²) in [6.45, 7) is 11.0. The van der Waals surface area contributed by atoms with Crippen LogP contribution in [0.15, 0.2) is 12.7 Å². The van der Waals surface area contributed by atoms with E-state index < -0.39 is 0 Å². The zero-order chi connectivity index (χ0) is 12.6. The highest BCUT2D eigenvalue weighted by Crippen LogP contribution is 2.34. The van der Waals surface area contributed by atoms with E-state index in [9.17, 15) is 0 Å². The van der Waals surface area contributed by atoms with Crippen LogP contribution in [-0.4, -0.2) is 38.1 Å². The van der Waals surface area contributed by atoms with E-state index in [0.717, 1.165) is 6.42 Å². The highest BCUT2D eigenvalue weighted by Gasteiger charge is 2.31. The van der Waals surface area contributed by atoms with Crippen LogP contribution in [0.5, 0.6) is 0 Å². The number of hydrogen-bond donors (Lipinski definition) is 1. The summed E-state index contributed by atoms with van der Waals surface area (Å²) >= 11 is 0. The molecule has 0 aromatic rings. The van der Waals surface area contributed by atoms with Crippen molar-refractivity contribution >= 4 is 0 Å². The summed E-state index contributed by atoms with van der Waals surface area (Å²) in [5.41, 5.74) is 0.586. The summed E-state index contributed by atoms with van der Waals surface area (Å²) in [4.78, 5) is 2.53. The summed E-state index contributed by atoms with van der Waals surface area (Å²) in [5, 5.41) is 3.49. The lowest BCUT2D eigenvalue weighted by molar-refractivity contribution is 0.116. The molecule has 1 heterocycles. The highest BCUT2D eigenvalue weighted by molar-refractivity contribution is 4.86. The largest absolute Gasteiger partial charge is 0.317 e. The summed E-state index contributed by atoms with van der Waals surface area (Å²) in [5.74, 6) is 0. The van der Waals surface area contributed by atoms with Crippen LogP contribution in [0.4, 0.5) is 0 Å². The van der Waals surface area contributed by atoms with Crippen LogP contribution in [0, 0.1) is 5.41 Å². The molecular formula is C15H30N2. The minimum atomic E-state index is 0.586. The second-order valence-electron chi connectivity index (χ2n) is 5.67. The van der Waals surface area contributed by atoms with Crippen molar-refractivity contribution in [1.29, 1.82) is 0 Å². The van der Waals surface area contributed by atoms with Crippen LogP contribution >= 0.6 is 0 Å². The lowest BCUT2D eigenvalue weighted by Gasteiger charge is -2.40. The minimum Gasteiger partial charge on any atom is -0.317 e. The molecule has 0 aliphatic carbocycles. The SMILES string of the molecule is C=CCCCN(C)CC1(CCC)CCNCC1. The molecule has 0 amide bonds. The Morgan fingerprint density at radius 2 is 2.06 bits per heavy atom. The predicted molar refractivity (Wildman–Crippen MR) is 76.4 cm³/mol. The normalized spacial score (nSPS) is 19.5. The first-order valence-electron chi connectivity index (χ1n) is 7.22. The number of rotatable bonds is 8. The third kappa shape index (κ3) is 5.22. The van der Waals surface area contributed by atoms with Gasteiger partial charge in [0, 0.05) is 6.54 Å². The van der Waals surface area contributed by atoms with Gasteiger partial charge in [-0.25, -0.2) is 0 Å². The van der Waals surface area contributed by atoms with Crippen LogP contribution in [0.25, 0.3) is 0 Å². The molecule has 0 aromatic carbocycles. The van der Waals surface area contributed by atoms with E-state index in [2.05, 4.69) is 30.8 Å². The molecule has 1 saturated heterocycles. The fourth-order valence-electron chi connectivity index (χ4n) is 3.13. The van der Waals surface area contributed by atoms with Gasteiger partial charge in [0.05, 0.1) is 0 Å². The molecule has 1 aliphatic rings. The summed E-state index contributed by atoms with van der Waals surface area (Å²) in [7, 11) is 2.28. The van der Waals surface area contributed by atoms with Crippen molar-refractivity contribution in [3.63, 3.8) is 0 Å². The van der Waals surface area contributed by atoms with Gasteiger partial charge in [0.2, 0.25) is 0 Å². The highest BCUT2D eigenvalue weighted by atomic mass is 15.1. The van der Waals surface area contributed by atoms with E-state index in [0.29, 0.717) is 5.41 Å². The van der Waals surface area contributed by atoms with Gasteiger partial charge in [-0.1, -0.05) is 19.4 Å². The second-order valence-corrected chi connectivity index (χ2v) is 5.67. The molecule has 1 aliphatic heterocycles. The van der Waals surface area contributed by atoms with Gasteiger partial charge in [0.25, 0.3) is 0 Å². The number of allylic oxidation sites excluding steroid dienone is 1. The third-order valence-corrected chi connectivity index (χ3v) is 4.00. The number of unbranched alkanes of at least 4 members (excludes halogenated alkanes) is 1. The molecule has 0 radical (unpaired) electrons. The first-order valence-corrected chi connectivity index (χ1v) is 7.22. The maximum absolute atomic E-state index is 3.79. The topological polar surface area (TPSA) is 15.3 Å². The van der Waals surface area contributed by atoms with Gasteiger partial charge >= 0.3 is 0 Å². The average Bonchev–Trinajstić information content (AvgIpc) is 2.30. The first kappa shape index (κ1) is 14.7. The van der Waals surface area contributed by atoms with Gasteiger partial charge in [0.15, 0.2) is 0 Å².